The summed E-state index contributed by atoms with van der Waals surface area (Å²) in [5.41, 5.74) is -1.08. The quantitative estimate of drug-likeness (QED) is 0.495. The number of hydrogen-bond acceptors (Lipinski definition) is 4. The van der Waals surface area contributed by atoms with Crippen molar-refractivity contribution in [3.05, 3.63) is 59.4 Å². The fourth-order valence-electron chi connectivity index (χ4n) is 2.84. The number of nitrogens with one attached hydrogen (secondary N) is 2. The highest BCUT2D eigenvalue weighted by atomic mass is 19.4. The molecule has 2 aromatic rings. The predicted molar refractivity (Wildman–Crippen MR) is 102 cm³/mol. The summed E-state index contributed by atoms with van der Waals surface area (Å²) in [6.07, 6.45) is -10.4. The fourth-order valence-corrected chi connectivity index (χ4v) is 2.84. The van der Waals surface area contributed by atoms with E-state index in [1.54, 1.807) is 0 Å². The van der Waals surface area contributed by atoms with Crippen molar-refractivity contribution in [1.29, 1.82) is 0 Å². The van der Waals surface area contributed by atoms with Crippen LogP contribution in [0, 0.1) is 0 Å². The van der Waals surface area contributed by atoms with Gasteiger partial charge in [-0.05, 0) is 30.7 Å². The standard InChI is InChI=1S/C20H19F6N3O4/c1-11(15-7-6-13(9-27-15)33-10-19(21,22)23)28-17(30)16(29-18(31)32)8-12-4-2-3-5-14(12)20(24,25)26/h2-7,9,11,16,29H,8,10H2,1H3,(H,28,30)(H,31,32)/t11-,16+/m1/s1. The molecule has 0 fully saturated rings. The molecule has 7 nitrogen and oxygen atoms in total. The van der Waals surface area contributed by atoms with Crippen LogP contribution >= 0.6 is 0 Å². The largest absolute Gasteiger partial charge is 0.483 e. The molecule has 0 saturated carbocycles. The maximum atomic E-state index is 13.2. The van der Waals surface area contributed by atoms with Crippen molar-refractivity contribution in [3.63, 3.8) is 0 Å². The molecule has 0 saturated heterocycles. The first-order valence-electron chi connectivity index (χ1n) is 9.36. The molecule has 1 aromatic carbocycles. The molecule has 1 heterocycles. The minimum Gasteiger partial charge on any atom is -0.483 e. The number of amides is 2. The maximum Gasteiger partial charge on any atom is 0.422 e. The molecule has 0 aliphatic carbocycles. The molecule has 180 valence electrons. The van der Waals surface area contributed by atoms with Crippen molar-refractivity contribution in [2.45, 2.75) is 37.8 Å². The van der Waals surface area contributed by atoms with Crippen LogP contribution in [0.4, 0.5) is 31.1 Å². The second-order valence-electron chi connectivity index (χ2n) is 6.91. The zero-order valence-electron chi connectivity index (χ0n) is 17.0. The van der Waals surface area contributed by atoms with Crippen molar-refractivity contribution in [3.8, 4) is 5.75 Å². The van der Waals surface area contributed by atoms with Gasteiger partial charge in [-0.25, -0.2) is 4.79 Å². The van der Waals surface area contributed by atoms with E-state index in [4.69, 9.17) is 5.11 Å². The van der Waals surface area contributed by atoms with Crippen molar-refractivity contribution in [2.75, 3.05) is 6.61 Å². The lowest BCUT2D eigenvalue weighted by Crippen LogP contribution is -2.48. The Hall–Kier alpha value is -3.51. The molecule has 0 aliphatic rings. The van der Waals surface area contributed by atoms with Crippen LogP contribution in [0.2, 0.25) is 0 Å². The van der Waals surface area contributed by atoms with E-state index >= 15 is 0 Å². The number of rotatable bonds is 8. The number of carboxylic acid groups (broad SMARTS) is 1. The van der Waals surface area contributed by atoms with E-state index in [0.717, 1.165) is 18.3 Å². The van der Waals surface area contributed by atoms with Crippen molar-refractivity contribution in [2.24, 2.45) is 0 Å². The van der Waals surface area contributed by atoms with Gasteiger partial charge in [-0.2, -0.15) is 26.3 Å². The highest BCUT2D eigenvalue weighted by molar-refractivity contribution is 5.85. The normalized spacial score (nSPS) is 13.7. The van der Waals surface area contributed by atoms with Crippen molar-refractivity contribution < 1.29 is 45.8 Å². The molecular weight excluding hydrogens is 460 g/mol. The maximum absolute atomic E-state index is 13.2. The van der Waals surface area contributed by atoms with E-state index in [9.17, 15) is 35.9 Å². The van der Waals surface area contributed by atoms with Gasteiger partial charge in [-0.3, -0.25) is 9.78 Å². The highest BCUT2D eigenvalue weighted by Crippen LogP contribution is 2.32. The van der Waals surface area contributed by atoms with E-state index in [0.29, 0.717) is 0 Å². The minimum absolute atomic E-state index is 0.163. The van der Waals surface area contributed by atoms with E-state index in [1.807, 2.05) is 5.32 Å². The van der Waals surface area contributed by atoms with Gasteiger partial charge in [0.25, 0.3) is 0 Å². The van der Waals surface area contributed by atoms with Gasteiger partial charge in [0, 0.05) is 6.42 Å². The first-order chi connectivity index (χ1) is 15.3. The molecule has 33 heavy (non-hydrogen) atoms. The number of nitrogens with zero attached hydrogens (tertiary/aromatic N) is 1. The van der Waals surface area contributed by atoms with Gasteiger partial charge in [0.05, 0.1) is 23.5 Å². The second kappa shape index (κ2) is 10.4. The van der Waals surface area contributed by atoms with Gasteiger partial charge in [-0.15, -0.1) is 0 Å². The summed E-state index contributed by atoms with van der Waals surface area (Å²) in [4.78, 5) is 27.6. The Kier molecular flexibility index (Phi) is 8.12. The summed E-state index contributed by atoms with van der Waals surface area (Å²) in [5, 5.41) is 13.3. The van der Waals surface area contributed by atoms with Gasteiger partial charge in [0.2, 0.25) is 5.91 Å². The Balaban J connectivity index is 2.12. The summed E-state index contributed by atoms with van der Waals surface area (Å²) in [7, 11) is 0. The number of ether oxygens (including phenoxy) is 1. The zero-order chi connectivity index (χ0) is 24.8. The lowest BCUT2D eigenvalue weighted by atomic mass is 9.99. The summed E-state index contributed by atoms with van der Waals surface area (Å²) < 4.78 is 80.8. The van der Waals surface area contributed by atoms with Gasteiger partial charge >= 0.3 is 18.4 Å². The van der Waals surface area contributed by atoms with Gasteiger partial charge in [0.15, 0.2) is 6.61 Å². The highest BCUT2D eigenvalue weighted by Gasteiger charge is 2.34. The SMILES string of the molecule is C[C@@H](NC(=O)[C@H](Cc1ccccc1C(F)(F)F)NC(=O)O)c1ccc(OCC(F)(F)F)cn1. The number of aromatic nitrogens is 1. The van der Waals surface area contributed by atoms with E-state index < -0.39 is 55.0 Å². The molecule has 3 N–H and O–H groups in total. The lowest BCUT2D eigenvalue weighted by Gasteiger charge is -2.22. The average molecular weight is 479 g/mol. The van der Waals surface area contributed by atoms with Gasteiger partial charge in [0.1, 0.15) is 11.8 Å². The summed E-state index contributed by atoms with van der Waals surface area (Å²) in [5.74, 6) is -1.08. The van der Waals surface area contributed by atoms with Crippen LogP contribution in [0.1, 0.15) is 29.8 Å². The summed E-state index contributed by atoms with van der Waals surface area (Å²) in [6, 6.07) is 4.54. The third-order valence-corrected chi connectivity index (χ3v) is 4.33. The number of carbonyl (C=O) groups excluding carboxylic acids is 1. The van der Waals surface area contributed by atoms with Crippen LogP contribution in [0.15, 0.2) is 42.6 Å². The first-order valence-corrected chi connectivity index (χ1v) is 9.36. The Morgan fingerprint density at radius 3 is 2.27 bits per heavy atom. The van der Waals surface area contributed by atoms with Crippen LogP contribution in [0.5, 0.6) is 5.75 Å². The van der Waals surface area contributed by atoms with E-state index in [2.05, 4.69) is 15.0 Å². The molecule has 0 unspecified atom stereocenters. The van der Waals surface area contributed by atoms with Crippen LogP contribution in [0.25, 0.3) is 0 Å². The number of carbonyl (C=O) groups is 2. The third-order valence-electron chi connectivity index (χ3n) is 4.33. The Morgan fingerprint density at radius 1 is 1.06 bits per heavy atom. The fraction of sp³-hybridized carbons (Fsp3) is 0.350. The van der Waals surface area contributed by atoms with Gasteiger partial charge in [-0.1, -0.05) is 18.2 Å². The lowest BCUT2D eigenvalue weighted by molar-refractivity contribution is -0.153. The van der Waals surface area contributed by atoms with Crippen LogP contribution < -0.4 is 15.4 Å². The molecule has 2 atom stereocenters. The predicted octanol–water partition coefficient (Wildman–Crippen LogP) is 4.10. The molecule has 13 heteroatoms. The smallest absolute Gasteiger partial charge is 0.422 e. The number of alkyl halides is 6. The zero-order valence-corrected chi connectivity index (χ0v) is 17.0. The number of halogens is 6. The third kappa shape index (κ3) is 8.16. The topological polar surface area (TPSA) is 101 Å². The Bertz CT molecular complexity index is 964. The Morgan fingerprint density at radius 2 is 1.73 bits per heavy atom. The number of pyridine rings is 1. The monoisotopic (exact) mass is 479 g/mol. The van der Waals surface area contributed by atoms with Crippen LogP contribution in [-0.4, -0.2) is 40.9 Å². The Labute approximate surface area is 183 Å². The molecule has 0 spiro atoms. The van der Waals surface area contributed by atoms with Crippen LogP contribution in [0.3, 0.4) is 0 Å². The molecule has 0 bridgehead atoms. The van der Waals surface area contributed by atoms with Crippen LogP contribution in [-0.2, 0) is 17.4 Å². The minimum atomic E-state index is -4.70. The van der Waals surface area contributed by atoms with Crippen molar-refractivity contribution in [1.82, 2.24) is 15.6 Å². The molecule has 0 aliphatic heterocycles. The van der Waals surface area contributed by atoms with Crippen molar-refractivity contribution >= 4 is 12.0 Å². The molecule has 2 amide bonds. The van der Waals surface area contributed by atoms with E-state index in [-0.39, 0.29) is 17.0 Å². The second-order valence-corrected chi connectivity index (χ2v) is 6.91. The van der Waals surface area contributed by atoms with Gasteiger partial charge < -0.3 is 20.5 Å². The first kappa shape index (κ1) is 25.7. The molecule has 2 rings (SSSR count). The number of hydrogen-bond donors (Lipinski definition) is 3. The number of benzene rings is 1. The molecule has 0 radical (unpaired) electrons. The average Bonchev–Trinajstić information content (AvgIpc) is 2.71. The molecule has 1 aromatic heterocycles. The molecular formula is C20H19F6N3O4. The van der Waals surface area contributed by atoms with E-state index in [1.165, 1.54) is 31.2 Å². The summed E-state index contributed by atoms with van der Waals surface area (Å²) >= 11 is 0. The summed E-state index contributed by atoms with van der Waals surface area (Å²) in [6.45, 7) is -0.0553.